The first-order valence-electron chi connectivity index (χ1n) is 12.1. The molecule has 1 aliphatic heterocycles. The largest absolute Gasteiger partial charge is 0.480 e. The molecule has 4 N–H and O–H groups in total. The van der Waals surface area contributed by atoms with Crippen molar-refractivity contribution in [1.29, 1.82) is 0 Å². The number of hydrogen-bond donors (Lipinski definition) is 3. The summed E-state index contributed by atoms with van der Waals surface area (Å²) in [6, 6.07) is 8.64. The van der Waals surface area contributed by atoms with Gasteiger partial charge < -0.3 is 20.5 Å². The summed E-state index contributed by atoms with van der Waals surface area (Å²) >= 11 is 0. The van der Waals surface area contributed by atoms with Crippen LogP contribution in [0.4, 0.5) is 0 Å². The second-order valence-corrected chi connectivity index (χ2v) is 8.67. The number of likely N-dealkylation sites (tertiary alicyclic amines) is 1. The summed E-state index contributed by atoms with van der Waals surface area (Å²) < 4.78 is 5.25. The number of nitrogens with one attached hydrogen (secondary N) is 1. The predicted molar refractivity (Wildman–Crippen MR) is 127 cm³/mol. The molecular formula is C25H39N3O5. The summed E-state index contributed by atoms with van der Waals surface area (Å²) in [7, 11) is 0. The van der Waals surface area contributed by atoms with Crippen molar-refractivity contribution in [2.24, 2.45) is 5.73 Å². The van der Waals surface area contributed by atoms with Crippen LogP contribution in [0.25, 0.3) is 0 Å². The Morgan fingerprint density at radius 2 is 1.85 bits per heavy atom. The molecule has 0 aliphatic carbocycles. The number of rotatable bonds is 14. The number of nitrogens with zero attached hydrogens (tertiary/aromatic N) is 1. The van der Waals surface area contributed by atoms with Gasteiger partial charge in [0.1, 0.15) is 12.6 Å². The number of unbranched alkanes of at least 4 members (excludes halogenated alkanes) is 4. The third-order valence-electron chi connectivity index (χ3n) is 6.12. The molecular weight excluding hydrogens is 422 g/mol. The number of nitrogens with two attached hydrogens (primary N) is 1. The maximum atomic E-state index is 13.3. The van der Waals surface area contributed by atoms with E-state index in [4.69, 9.17) is 10.5 Å². The molecule has 8 heteroatoms. The van der Waals surface area contributed by atoms with Crippen LogP contribution < -0.4 is 11.1 Å². The van der Waals surface area contributed by atoms with E-state index in [1.807, 2.05) is 30.3 Å². The van der Waals surface area contributed by atoms with Crippen LogP contribution in [0.15, 0.2) is 30.3 Å². The Morgan fingerprint density at radius 1 is 1.15 bits per heavy atom. The SMILES string of the molecule is CCOC(=O)[C@H](CCCCCCCN)NC1CCC(c2ccccc2)CN(CC(=O)O)C1=O. The number of esters is 1. The highest BCUT2D eigenvalue weighted by Gasteiger charge is 2.35. The van der Waals surface area contributed by atoms with Gasteiger partial charge in [0.2, 0.25) is 5.91 Å². The minimum Gasteiger partial charge on any atom is -0.480 e. The zero-order valence-electron chi connectivity index (χ0n) is 19.7. The van der Waals surface area contributed by atoms with Crippen molar-refractivity contribution in [2.45, 2.75) is 76.3 Å². The molecule has 1 aromatic rings. The van der Waals surface area contributed by atoms with Crippen LogP contribution >= 0.6 is 0 Å². The van der Waals surface area contributed by atoms with Crippen LogP contribution in [0.3, 0.4) is 0 Å². The smallest absolute Gasteiger partial charge is 0.323 e. The molecule has 0 aromatic heterocycles. The standard InChI is InChI=1S/C25H39N3O5/c1-2-33-25(32)22(13-9-4-3-5-10-16-26)27-21-15-14-20(19-11-7-6-8-12-19)17-28(24(21)31)18-23(29)30/h6-8,11-12,20-22,27H,2-5,9-10,13-18,26H2,1H3,(H,29,30)/t20?,21?,22-/m0/s1. The van der Waals surface area contributed by atoms with Crippen molar-refractivity contribution in [2.75, 3.05) is 26.2 Å². The predicted octanol–water partition coefficient (Wildman–Crippen LogP) is 2.67. The number of amides is 1. The lowest BCUT2D eigenvalue weighted by Gasteiger charge is -2.27. The van der Waals surface area contributed by atoms with E-state index in [0.717, 1.165) is 44.1 Å². The third-order valence-corrected chi connectivity index (χ3v) is 6.12. The number of hydrogen-bond acceptors (Lipinski definition) is 6. The van der Waals surface area contributed by atoms with Crippen LogP contribution in [0.2, 0.25) is 0 Å². The van der Waals surface area contributed by atoms with Gasteiger partial charge in [-0.1, -0.05) is 56.0 Å². The lowest BCUT2D eigenvalue weighted by Crippen LogP contribution is -2.52. The molecule has 2 unspecified atom stereocenters. The zero-order valence-corrected chi connectivity index (χ0v) is 19.7. The Morgan fingerprint density at radius 3 is 2.52 bits per heavy atom. The molecule has 8 nitrogen and oxygen atoms in total. The van der Waals surface area contributed by atoms with Gasteiger partial charge in [0.25, 0.3) is 0 Å². The maximum absolute atomic E-state index is 13.3. The van der Waals surface area contributed by atoms with Crippen molar-refractivity contribution in [1.82, 2.24) is 10.2 Å². The Bertz CT molecular complexity index is 743. The molecule has 1 fully saturated rings. The van der Waals surface area contributed by atoms with Gasteiger partial charge in [-0.3, -0.25) is 19.7 Å². The van der Waals surface area contributed by atoms with Crippen LogP contribution in [0.5, 0.6) is 0 Å². The molecule has 2 rings (SSSR count). The fourth-order valence-electron chi connectivity index (χ4n) is 4.39. The normalized spacial score (nSPS) is 19.7. The number of carboxylic acids is 1. The van der Waals surface area contributed by atoms with Crippen LogP contribution in [0.1, 0.15) is 69.8 Å². The average Bonchev–Trinajstić information content (AvgIpc) is 2.95. The highest BCUT2D eigenvalue weighted by molar-refractivity contribution is 5.86. The number of carbonyl (C=O) groups is 3. The topological polar surface area (TPSA) is 122 Å². The molecule has 0 bridgehead atoms. The summed E-state index contributed by atoms with van der Waals surface area (Å²) in [5.41, 5.74) is 6.62. The van der Waals surface area contributed by atoms with Crippen LogP contribution in [-0.4, -0.2) is 66.2 Å². The van der Waals surface area contributed by atoms with E-state index >= 15 is 0 Å². The Kier molecular flexibility index (Phi) is 11.9. The zero-order chi connectivity index (χ0) is 24.1. The molecule has 0 spiro atoms. The molecule has 33 heavy (non-hydrogen) atoms. The highest BCUT2D eigenvalue weighted by atomic mass is 16.5. The number of ether oxygens (including phenoxy) is 1. The molecule has 1 saturated heterocycles. The Labute approximate surface area is 196 Å². The first kappa shape index (κ1) is 26.8. The fourth-order valence-corrected chi connectivity index (χ4v) is 4.39. The average molecular weight is 462 g/mol. The molecule has 1 amide bonds. The van der Waals surface area contributed by atoms with Crippen molar-refractivity contribution < 1.29 is 24.2 Å². The monoisotopic (exact) mass is 461 g/mol. The summed E-state index contributed by atoms with van der Waals surface area (Å²) in [6.07, 6.45) is 6.77. The summed E-state index contributed by atoms with van der Waals surface area (Å²) in [6.45, 7) is 2.71. The quantitative estimate of drug-likeness (QED) is 0.288. The number of benzene rings is 1. The van der Waals surface area contributed by atoms with Gasteiger partial charge in [0, 0.05) is 12.5 Å². The maximum Gasteiger partial charge on any atom is 0.323 e. The fraction of sp³-hybridized carbons (Fsp3) is 0.640. The lowest BCUT2D eigenvalue weighted by molar-refractivity contribution is -0.148. The minimum absolute atomic E-state index is 0.0462. The summed E-state index contributed by atoms with van der Waals surface area (Å²) in [5, 5.41) is 12.6. The first-order valence-corrected chi connectivity index (χ1v) is 12.1. The van der Waals surface area contributed by atoms with E-state index in [1.165, 1.54) is 4.90 Å². The minimum atomic E-state index is -1.05. The summed E-state index contributed by atoms with van der Waals surface area (Å²) in [5.74, 6) is -1.63. The summed E-state index contributed by atoms with van der Waals surface area (Å²) in [4.78, 5) is 38.7. The second kappa shape index (κ2) is 14.6. The second-order valence-electron chi connectivity index (χ2n) is 8.67. The van der Waals surface area contributed by atoms with E-state index in [0.29, 0.717) is 25.9 Å². The van der Waals surface area contributed by atoms with E-state index < -0.39 is 18.1 Å². The Hall–Kier alpha value is -2.45. The molecule has 3 atom stereocenters. The van der Waals surface area contributed by atoms with Crippen molar-refractivity contribution >= 4 is 17.8 Å². The van der Waals surface area contributed by atoms with E-state index in [2.05, 4.69) is 5.32 Å². The van der Waals surface area contributed by atoms with Gasteiger partial charge in [0.05, 0.1) is 12.6 Å². The molecule has 0 saturated carbocycles. The van der Waals surface area contributed by atoms with Gasteiger partial charge in [-0.2, -0.15) is 0 Å². The van der Waals surface area contributed by atoms with Crippen LogP contribution in [0, 0.1) is 0 Å². The van der Waals surface area contributed by atoms with Crippen LogP contribution in [-0.2, 0) is 19.1 Å². The number of carbonyl (C=O) groups excluding carboxylic acids is 2. The first-order chi connectivity index (χ1) is 16.0. The molecule has 0 radical (unpaired) electrons. The van der Waals surface area contributed by atoms with Crippen molar-refractivity contribution in [3.8, 4) is 0 Å². The van der Waals surface area contributed by atoms with E-state index in [9.17, 15) is 19.5 Å². The number of carboxylic acid groups (broad SMARTS) is 1. The highest BCUT2D eigenvalue weighted by Crippen LogP contribution is 2.27. The lowest BCUT2D eigenvalue weighted by atomic mass is 9.93. The Balaban J connectivity index is 2.09. The third kappa shape index (κ3) is 9.14. The van der Waals surface area contributed by atoms with Gasteiger partial charge in [-0.25, -0.2) is 0 Å². The van der Waals surface area contributed by atoms with E-state index in [1.54, 1.807) is 6.92 Å². The van der Waals surface area contributed by atoms with Gasteiger partial charge in [-0.05, 0) is 44.7 Å². The van der Waals surface area contributed by atoms with Gasteiger partial charge in [-0.15, -0.1) is 0 Å². The molecule has 1 aromatic carbocycles. The van der Waals surface area contributed by atoms with Gasteiger partial charge in [0.15, 0.2) is 0 Å². The van der Waals surface area contributed by atoms with Crippen molar-refractivity contribution in [3.05, 3.63) is 35.9 Å². The molecule has 1 aliphatic rings. The number of aliphatic carboxylic acids is 1. The van der Waals surface area contributed by atoms with Gasteiger partial charge >= 0.3 is 11.9 Å². The van der Waals surface area contributed by atoms with E-state index in [-0.39, 0.29) is 30.9 Å². The van der Waals surface area contributed by atoms with Crippen molar-refractivity contribution in [3.63, 3.8) is 0 Å². The molecule has 1 heterocycles. The molecule has 184 valence electrons.